The molecule has 1 heterocycles. The van der Waals surface area contributed by atoms with Gasteiger partial charge in [0.25, 0.3) is 0 Å². The molecule has 0 atom stereocenters. The second kappa shape index (κ2) is 6.06. The molecule has 0 spiro atoms. The van der Waals surface area contributed by atoms with Crippen molar-refractivity contribution < 1.29 is 0 Å². The third-order valence-corrected chi connectivity index (χ3v) is 6.57. The largest absolute Gasteiger partial charge is 0.380 e. The summed E-state index contributed by atoms with van der Waals surface area (Å²) in [6.07, 6.45) is 0. The van der Waals surface area contributed by atoms with Crippen LogP contribution in [-0.4, -0.2) is 0 Å². The zero-order valence-electron chi connectivity index (χ0n) is 8.44. The van der Waals surface area contributed by atoms with Crippen LogP contribution < -0.4 is 5.32 Å². The number of anilines is 1. The van der Waals surface area contributed by atoms with Gasteiger partial charge in [0.15, 0.2) is 0 Å². The smallest absolute Gasteiger partial charge is 0.0843 e. The van der Waals surface area contributed by atoms with Crippen molar-refractivity contribution in [3.05, 3.63) is 46.9 Å². The number of benzene rings is 1. The molecule has 0 fully saturated rings. The van der Waals surface area contributed by atoms with Gasteiger partial charge in [-0.05, 0) is 72.1 Å². The lowest BCUT2D eigenvalue weighted by Gasteiger charge is -2.05. The van der Waals surface area contributed by atoms with Gasteiger partial charge in [-0.3, -0.25) is 0 Å². The maximum Gasteiger partial charge on any atom is 0.0843 e. The van der Waals surface area contributed by atoms with E-state index in [1.54, 1.807) is 11.3 Å². The van der Waals surface area contributed by atoms with Crippen LogP contribution in [0.2, 0.25) is 5.02 Å². The van der Waals surface area contributed by atoms with Crippen LogP contribution in [0.5, 0.6) is 0 Å². The molecule has 90 valence electrons. The minimum absolute atomic E-state index is 0.712. The lowest BCUT2D eigenvalue weighted by Crippen LogP contribution is -1.96. The third kappa shape index (κ3) is 3.70. The van der Waals surface area contributed by atoms with E-state index in [2.05, 4.69) is 59.2 Å². The van der Waals surface area contributed by atoms with E-state index in [9.17, 15) is 0 Å². The van der Waals surface area contributed by atoms with Gasteiger partial charge in [0, 0.05) is 26.1 Å². The molecule has 0 radical (unpaired) electrons. The molecule has 0 aliphatic rings. The lowest BCUT2D eigenvalue weighted by molar-refractivity contribution is 1.19. The summed E-state index contributed by atoms with van der Waals surface area (Å²) in [5.41, 5.74) is 1.01. The molecule has 0 amide bonds. The van der Waals surface area contributed by atoms with Crippen LogP contribution in [0.15, 0.2) is 37.0 Å². The van der Waals surface area contributed by atoms with Gasteiger partial charge in [0.05, 0.1) is 8.81 Å². The van der Waals surface area contributed by atoms with Crippen LogP contribution in [0, 0.1) is 0 Å². The Balaban J connectivity index is 2.04. The highest BCUT2D eigenvalue weighted by Crippen LogP contribution is 2.33. The summed E-state index contributed by atoms with van der Waals surface area (Å²) < 4.78 is 3.11. The first-order valence-electron chi connectivity index (χ1n) is 4.69. The zero-order valence-corrected chi connectivity index (χ0v) is 14.8. The topological polar surface area (TPSA) is 12.0 Å². The monoisotopic (exact) mass is 457 g/mol. The lowest BCUT2D eigenvalue weighted by atomic mass is 10.3. The first kappa shape index (κ1) is 13.9. The Morgan fingerprint density at radius 1 is 1.12 bits per heavy atom. The van der Waals surface area contributed by atoms with Gasteiger partial charge in [-0.2, -0.15) is 0 Å². The summed E-state index contributed by atoms with van der Waals surface area (Å²) in [4.78, 5) is 1.25. The molecule has 1 N–H and O–H groups in total. The Labute approximate surface area is 134 Å². The number of halogens is 4. The quantitative estimate of drug-likeness (QED) is 0.567. The van der Waals surface area contributed by atoms with Crippen molar-refractivity contribution >= 4 is 76.4 Å². The molecule has 0 unspecified atom stereocenters. The normalized spacial score (nSPS) is 10.6. The van der Waals surface area contributed by atoms with Crippen LogP contribution in [0.4, 0.5) is 5.69 Å². The maximum atomic E-state index is 6.03. The van der Waals surface area contributed by atoms with Gasteiger partial charge < -0.3 is 5.32 Å². The minimum Gasteiger partial charge on any atom is -0.380 e. The summed E-state index contributed by atoms with van der Waals surface area (Å²) >= 11 is 18.1. The molecule has 1 aromatic carbocycles. The molecule has 0 aliphatic carbocycles. The van der Waals surface area contributed by atoms with Gasteiger partial charge in [-0.25, -0.2) is 0 Å². The fourth-order valence-electron chi connectivity index (χ4n) is 1.27. The van der Waals surface area contributed by atoms with Crippen LogP contribution in [0.1, 0.15) is 4.88 Å². The number of thiophene rings is 1. The summed E-state index contributed by atoms with van der Waals surface area (Å²) in [5, 5.41) is 4.04. The zero-order chi connectivity index (χ0) is 12.4. The van der Waals surface area contributed by atoms with Crippen molar-refractivity contribution in [1.29, 1.82) is 0 Å². The summed E-state index contributed by atoms with van der Waals surface area (Å²) in [6.45, 7) is 0.785. The van der Waals surface area contributed by atoms with Crippen molar-refractivity contribution in [2.45, 2.75) is 6.54 Å². The van der Waals surface area contributed by atoms with Gasteiger partial charge in [-0.1, -0.05) is 11.6 Å². The third-order valence-electron chi connectivity index (χ3n) is 2.08. The second-order valence-corrected chi connectivity index (χ2v) is 7.89. The molecule has 17 heavy (non-hydrogen) atoms. The van der Waals surface area contributed by atoms with Gasteiger partial charge in [0.2, 0.25) is 0 Å². The Bertz CT molecular complexity index is 522. The van der Waals surface area contributed by atoms with Crippen molar-refractivity contribution in [2.75, 3.05) is 5.32 Å². The Hall–Kier alpha value is 0.450. The highest BCUT2D eigenvalue weighted by Gasteiger charge is 2.04. The van der Waals surface area contributed by atoms with Crippen LogP contribution in [-0.2, 0) is 6.54 Å². The molecule has 0 saturated carbocycles. The maximum absolute atomic E-state index is 6.03. The standard InChI is InChI=1S/C11H7Br3ClNS/c12-8-2-1-6(3-10(8)15)16-5-7-4-9(13)11(14)17-7/h1-4,16H,5H2. The van der Waals surface area contributed by atoms with E-state index in [0.29, 0.717) is 5.02 Å². The van der Waals surface area contributed by atoms with Gasteiger partial charge >= 0.3 is 0 Å². The summed E-state index contributed by atoms with van der Waals surface area (Å²) in [6, 6.07) is 7.93. The number of hydrogen-bond acceptors (Lipinski definition) is 2. The van der Waals surface area contributed by atoms with Crippen molar-refractivity contribution in [2.24, 2.45) is 0 Å². The molecule has 0 saturated heterocycles. The number of nitrogens with one attached hydrogen (secondary N) is 1. The van der Waals surface area contributed by atoms with Gasteiger partial charge in [0.1, 0.15) is 0 Å². The van der Waals surface area contributed by atoms with Crippen LogP contribution >= 0.6 is 70.7 Å². The van der Waals surface area contributed by atoms with E-state index < -0.39 is 0 Å². The fourth-order valence-corrected chi connectivity index (χ4v) is 3.82. The molecule has 6 heteroatoms. The van der Waals surface area contributed by atoms with Crippen molar-refractivity contribution in [3.63, 3.8) is 0 Å². The first-order chi connectivity index (χ1) is 8.06. The van der Waals surface area contributed by atoms with E-state index in [-0.39, 0.29) is 0 Å². The predicted molar refractivity (Wildman–Crippen MR) is 86.2 cm³/mol. The number of hydrogen-bond donors (Lipinski definition) is 1. The van der Waals surface area contributed by atoms with E-state index in [4.69, 9.17) is 11.6 Å². The van der Waals surface area contributed by atoms with Crippen LogP contribution in [0.3, 0.4) is 0 Å². The van der Waals surface area contributed by atoms with Crippen LogP contribution in [0.25, 0.3) is 0 Å². The molecule has 2 aromatic rings. The van der Waals surface area contributed by atoms with Crippen molar-refractivity contribution in [1.82, 2.24) is 0 Å². The Kier molecular flexibility index (Phi) is 4.95. The summed E-state index contributed by atoms with van der Waals surface area (Å²) in [7, 11) is 0. The SMILES string of the molecule is Clc1cc(NCc2cc(Br)c(Br)s2)ccc1Br. The highest BCUT2D eigenvalue weighted by molar-refractivity contribution is 9.13. The molecule has 0 bridgehead atoms. The van der Waals surface area contributed by atoms with E-state index in [1.807, 2.05) is 18.2 Å². The molecule has 1 nitrogen and oxygen atoms in total. The first-order valence-corrected chi connectivity index (χ1v) is 8.26. The Morgan fingerprint density at radius 2 is 1.88 bits per heavy atom. The second-order valence-electron chi connectivity index (χ2n) is 3.32. The average Bonchev–Trinajstić information content (AvgIpc) is 2.60. The molecular formula is C11H7Br3ClNS. The predicted octanol–water partition coefficient (Wildman–Crippen LogP) is 6.30. The Morgan fingerprint density at radius 3 is 2.47 bits per heavy atom. The molecule has 0 aliphatic heterocycles. The van der Waals surface area contributed by atoms with Crippen molar-refractivity contribution in [3.8, 4) is 0 Å². The van der Waals surface area contributed by atoms with Gasteiger partial charge in [-0.15, -0.1) is 11.3 Å². The van der Waals surface area contributed by atoms with E-state index in [0.717, 1.165) is 25.0 Å². The highest BCUT2D eigenvalue weighted by atomic mass is 79.9. The molecule has 2 rings (SSSR count). The summed E-state index contributed by atoms with van der Waals surface area (Å²) in [5.74, 6) is 0. The molecular weight excluding hydrogens is 453 g/mol. The van der Waals surface area contributed by atoms with E-state index in [1.165, 1.54) is 4.88 Å². The van der Waals surface area contributed by atoms with E-state index >= 15 is 0 Å². The minimum atomic E-state index is 0.712. The molecule has 1 aromatic heterocycles. The average molecular weight is 460 g/mol. The fraction of sp³-hybridized carbons (Fsp3) is 0.0909. The number of rotatable bonds is 3.